The summed E-state index contributed by atoms with van der Waals surface area (Å²) in [6.45, 7) is 0. The first-order valence-electron chi connectivity index (χ1n) is 8.53. The maximum absolute atomic E-state index is 11.9. The van der Waals surface area contributed by atoms with E-state index in [2.05, 4.69) is 0 Å². The first-order chi connectivity index (χ1) is 13.1. The molecule has 132 valence electrons. The Hall–Kier alpha value is -3.07. The minimum Gasteiger partial charge on any atom is -0.508 e. The lowest BCUT2D eigenvalue weighted by Gasteiger charge is -2.27. The standard InChI is InChI=1S/C22H15O4P/c23-15-10-9-14-11-16(24)13-22(19(14)12-15)27(25)21-8-4-2-6-18(21)17-5-1-3-7-20(17)26-27/h1-13,25H,(H-,23,24)/p+1. The Kier molecular flexibility index (Phi) is 3.41. The highest BCUT2D eigenvalue weighted by molar-refractivity contribution is 7.81. The maximum atomic E-state index is 11.9. The van der Waals surface area contributed by atoms with Gasteiger partial charge in [-0.2, -0.15) is 0 Å². The number of hydrogen-bond acceptors (Lipinski definition) is 4. The number of phenolic OH excluding ortho intramolecular Hbond substituents is 2. The minimum absolute atomic E-state index is 0.0385. The summed E-state index contributed by atoms with van der Waals surface area (Å²) in [5.74, 6) is 0.729. The Bertz CT molecular complexity index is 1200. The molecule has 4 nitrogen and oxygen atoms in total. The monoisotopic (exact) mass is 375 g/mol. The summed E-state index contributed by atoms with van der Waals surface area (Å²) in [4.78, 5) is 11.9. The van der Waals surface area contributed by atoms with Crippen molar-refractivity contribution in [1.29, 1.82) is 0 Å². The van der Waals surface area contributed by atoms with Crippen LogP contribution < -0.4 is 15.1 Å². The zero-order valence-electron chi connectivity index (χ0n) is 14.2. The number of benzene rings is 4. The SMILES string of the molecule is Oc1cc([P+]2(O)Oc3ccccc3-c3ccccc32)c2cc(O)ccc2c1. The second-order valence-corrected chi connectivity index (χ2v) is 8.85. The molecule has 1 heterocycles. The van der Waals surface area contributed by atoms with Crippen molar-refractivity contribution in [2.45, 2.75) is 0 Å². The van der Waals surface area contributed by atoms with Crippen molar-refractivity contribution < 1.29 is 19.6 Å². The average Bonchev–Trinajstić information content (AvgIpc) is 2.68. The Morgan fingerprint density at radius 2 is 1.41 bits per heavy atom. The van der Waals surface area contributed by atoms with E-state index >= 15 is 0 Å². The molecule has 1 aliphatic rings. The largest absolute Gasteiger partial charge is 0.508 e. The summed E-state index contributed by atoms with van der Waals surface area (Å²) < 4.78 is 6.21. The molecule has 0 amide bonds. The molecule has 0 saturated heterocycles. The van der Waals surface area contributed by atoms with Crippen molar-refractivity contribution in [3.63, 3.8) is 0 Å². The van der Waals surface area contributed by atoms with Gasteiger partial charge >= 0.3 is 7.72 Å². The van der Waals surface area contributed by atoms with Gasteiger partial charge in [0.1, 0.15) is 11.5 Å². The van der Waals surface area contributed by atoms with Gasteiger partial charge in [0.05, 0.1) is 0 Å². The van der Waals surface area contributed by atoms with Crippen molar-refractivity contribution in [3.8, 4) is 28.4 Å². The molecule has 0 fully saturated rings. The van der Waals surface area contributed by atoms with Crippen molar-refractivity contribution in [2.24, 2.45) is 0 Å². The van der Waals surface area contributed by atoms with Crippen LogP contribution >= 0.6 is 7.72 Å². The van der Waals surface area contributed by atoms with Crippen LogP contribution in [0.1, 0.15) is 0 Å². The van der Waals surface area contributed by atoms with Gasteiger partial charge in [-0.25, -0.2) is 4.89 Å². The third-order valence-corrected chi connectivity index (χ3v) is 7.39. The summed E-state index contributed by atoms with van der Waals surface area (Å²) in [5.41, 5.74) is 1.83. The van der Waals surface area contributed by atoms with Gasteiger partial charge in [0.15, 0.2) is 16.4 Å². The van der Waals surface area contributed by atoms with Gasteiger partial charge in [0.2, 0.25) is 0 Å². The van der Waals surface area contributed by atoms with Crippen LogP contribution in [-0.4, -0.2) is 15.1 Å². The van der Waals surface area contributed by atoms with E-state index in [1.54, 1.807) is 24.3 Å². The fourth-order valence-electron chi connectivity index (χ4n) is 3.67. The van der Waals surface area contributed by atoms with E-state index in [0.717, 1.165) is 16.5 Å². The van der Waals surface area contributed by atoms with Crippen LogP contribution in [0.3, 0.4) is 0 Å². The summed E-state index contributed by atoms with van der Waals surface area (Å²) in [5, 5.41) is 22.8. The number of para-hydroxylation sites is 1. The second kappa shape index (κ2) is 5.71. The number of fused-ring (bicyclic) bond motifs is 4. The van der Waals surface area contributed by atoms with Crippen molar-refractivity contribution in [3.05, 3.63) is 78.9 Å². The average molecular weight is 375 g/mol. The summed E-state index contributed by atoms with van der Waals surface area (Å²) in [6, 6.07) is 23.2. The third kappa shape index (κ3) is 2.38. The number of rotatable bonds is 1. The number of aromatic hydroxyl groups is 2. The van der Waals surface area contributed by atoms with E-state index in [9.17, 15) is 15.1 Å². The molecule has 1 aliphatic heterocycles. The predicted octanol–water partition coefficient (Wildman–Crippen LogP) is 4.10. The lowest BCUT2D eigenvalue weighted by atomic mass is 10.0. The van der Waals surface area contributed by atoms with Gasteiger partial charge in [-0.1, -0.05) is 42.5 Å². The van der Waals surface area contributed by atoms with Crippen molar-refractivity contribution >= 4 is 29.1 Å². The number of phenols is 2. The van der Waals surface area contributed by atoms with Crippen LogP contribution in [0.15, 0.2) is 78.9 Å². The quantitative estimate of drug-likeness (QED) is 0.438. The topological polar surface area (TPSA) is 69.9 Å². The van der Waals surface area contributed by atoms with Gasteiger partial charge in [0, 0.05) is 22.6 Å². The molecule has 1 unspecified atom stereocenters. The first-order valence-corrected chi connectivity index (χ1v) is 10.2. The molecule has 0 aliphatic carbocycles. The van der Waals surface area contributed by atoms with E-state index in [-0.39, 0.29) is 11.5 Å². The smallest absolute Gasteiger partial charge is 0.383 e. The van der Waals surface area contributed by atoms with Gasteiger partial charge in [0.25, 0.3) is 0 Å². The van der Waals surface area contributed by atoms with Crippen LogP contribution in [0.4, 0.5) is 0 Å². The van der Waals surface area contributed by atoms with E-state index in [4.69, 9.17) is 4.52 Å². The third-order valence-electron chi connectivity index (χ3n) is 4.87. The highest BCUT2D eigenvalue weighted by atomic mass is 31.2. The molecule has 0 radical (unpaired) electrons. The minimum atomic E-state index is -3.30. The molecule has 0 spiro atoms. The number of hydrogen-bond donors (Lipinski definition) is 3. The maximum Gasteiger partial charge on any atom is 0.383 e. The Morgan fingerprint density at radius 1 is 0.667 bits per heavy atom. The molecule has 4 aromatic carbocycles. The van der Waals surface area contributed by atoms with Crippen LogP contribution in [0.5, 0.6) is 17.2 Å². The molecular weight excluding hydrogens is 359 g/mol. The Balaban J connectivity index is 1.86. The van der Waals surface area contributed by atoms with Gasteiger partial charge in [-0.05, 0) is 35.7 Å². The van der Waals surface area contributed by atoms with E-state index in [1.807, 2.05) is 48.5 Å². The normalized spacial score (nSPS) is 17.8. The zero-order chi connectivity index (χ0) is 18.6. The zero-order valence-corrected chi connectivity index (χ0v) is 15.1. The molecule has 5 rings (SSSR count). The Labute approximate surface area is 156 Å². The molecule has 3 N–H and O–H groups in total. The molecule has 0 saturated carbocycles. The predicted molar refractivity (Wildman–Crippen MR) is 108 cm³/mol. The lowest BCUT2D eigenvalue weighted by Crippen LogP contribution is -2.30. The summed E-state index contributed by atoms with van der Waals surface area (Å²) in [6.07, 6.45) is 0. The van der Waals surface area contributed by atoms with Crippen molar-refractivity contribution in [1.82, 2.24) is 0 Å². The van der Waals surface area contributed by atoms with Crippen LogP contribution in [-0.2, 0) is 0 Å². The van der Waals surface area contributed by atoms with Gasteiger partial charge in [-0.15, -0.1) is 0 Å². The highest BCUT2D eigenvalue weighted by Gasteiger charge is 2.52. The molecule has 0 aromatic heterocycles. The van der Waals surface area contributed by atoms with E-state index in [0.29, 0.717) is 21.7 Å². The molecular formula is C22H16O4P+. The summed E-state index contributed by atoms with van der Waals surface area (Å²) in [7, 11) is -3.30. The van der Waals surface area contributed by atoms with Crippen LogP contribution in [0, 0.1) is 0 Å². The van der Waals surface area contributed by atoms with E-state index in [1.165, 1.54) is 6.07 Å². The lowest BCUT2D eigenvalue weighted by molar-refractivity contribution is 0.471. The van der Waals surface area contributed by atoms with Crippen molar-refractivity contribution in [2.75, 3.05) is 0 Å². The van der Waals surface area contributed by atoms with E-state index < -0.39 is 7.72 Å². The second-order valence-electron chi connectivity index (χ2n) is 6.55. The highest BCUT2D eigenvalue weighted by Crippen LogP contribution is 2.60. The molecule has 27 heavy (non-hydrogen) atoms. The first kappa shape index (κ1) is 16.1. The molecule has 4 aromatic rings. The Morgan fingerprint density at radius 3 is 2.26 bits per heavy atom. The fourth-order valence-corrected chi connectivity index (χ4v) is 6.20. The summed E-state index contributed by atoms with van der Waals surface area (Å²) >= 11 is 0. The van der Waals surface area contributed by atoms with Gasteiger partial charge in [-0.3, -0.25) is 0 Å². The molecule has 5 heteroatoms. The van der Waals surface area contributed by atoms with Gasteiger partial charge < -0.3 is 14.7 Å². The van der Waals surface area contributed by atoms with Crippen LogP contribution in [0.25, 0.3) is 21.9 Å². The van der Waals surface area contributed by atoms with Crippen LogP contribution in [0.2, 0.25) is 0 Å². The molecule has 0 bridgehead atoms. The fraction of sp³-hybridized carbons (Fsp3) is 0. The molecule has 1 atom stereocenters.